The van der Waals surface area contributed by atoms with Crippen LogP contribution < -0.4 is 0 Å². The highest BCUT2D eigenvalue weighted by atomic mass is 16.7. The molecule has 1 saturated carbocycles. The summed E-state index contributed by atoms with van der Waals surface area (Å²) in [4.78, 5) is 0. The van der Waals surface area contributed by atoms with Gasteiger partial charge in [-0.2, -0.15) is 0 Å². The Hall–Kier alpha value is -0.0800. The second-order valence-corrected chi connectivity index (χ2v) is 3.63. The van der Waals surface area contributed by atoms with Gasteiger partial charge in [-0.1, -0.05) is 12.8 Å². The molecule has 0 N–H and O–H groups in total. The van der Waals surface area contributed by atoms with Crippen molar-refractivity contribution in [2.45, 2.75) is 43.5 Å². The fourth-order valence-corrected chi connectivity index (χ4v) is 2.26. The normalized spacial score (nSPS) is 57.6. The Kier molecular flexibility index (Phi) is 0.868. The van der Waals surface area contributed by atoms with E-state index in [1.54, 1.807) is 0 Å². The third-order valence-electron chi connectivity index (χ3n) is 3.01. The Morgan fingerprint density at radius 3 is 2.80 bits per heavy atom. The lowest BCUT2D eigenvalue weighted by Crippen LogP contribution is -2.25. The molecule has 3 aliphatic rings. The van der Waals surface area contributed by atoms with Gasteiger partial charge in [0.15, 0.2) is 0 Å². The van der Waals surface area contributed by atoms with E-state index < -0.39 is 0 Å². The topological polar surface area (TPSA) is 25.1 Å². The summed E-state index contributed by atoms with van der Waals surface area (Å²) in [6.45, 7) is 0.955. The predicted octanol–water partition coefficient (Wildman–Crippen LogP) is 1.10. The summed E-state index contributed by atoms with van der Waals surface area (Å²) in [6, 6.07) is 0. The van der Waals surface area contributed by atoms with Crippen LogP contribution in [0.5, 0.6) is 0 Å². The SMILES string of the molecule is C1CC[C@]2([C@@H]3CO3)O[C@H]2C1. The standard InChI is InChI=1S/C8H12O2/c1-2-4-8(7-5-9-7)6(3-1)10-8/h6-7H,1-5H2/t6-,7-,8-/m0/s1. The predicted molar refractivity (Wildman–Crippen MR) is 35.8 cm³/mol. The highest BCUT2D eigenvalue weighted by Crippen LogP contribution is 2.53. The van der Waals surface area contributed by atoms with Crippen molar-refractivity contribution >= 4 is 0 Å². The Bertz CT molecular complexity index is 165. The van der Waals surface area contributed by atoms with E-state index in [1.165, 1.54) is 25.7 Å². The molecule has 0 unspecified atom stereocenters. The fraction of sp³-hybridized carbons (Fsp3) is 1.00. The highest BCUT2D eigenvalue weighted by molar-refractivity contribution is 5.13. The van der Waals surface area contributed by atoms with Gasteiger partial charge in [-0.25, -0.2) is 0 Å². The minimum Gasteiger partial charge on any atom is -0.370 e. The summed E-state index contributed by atoms with van der Waals surface area (Å²) >= 11 is 0. The summed E-state index contributed by atoms with van der Waals surface area (Å²) in [6.07, 6.45) is 6.30. The van der Waals surface area contributed by atoms with E-state index in [1.807, 2.05) is 0 Å². The van der Waals surface area contributed by atoms with Crippen molar-refractivity contribution in [3.05, 3.63) is 0 Å². The number of epoxide rings is 2. The van der Waals surface area contributed by atoms with Gasteiger partial charge in [-0.05, 0) is 12.8 Å². The lowest BCUT2D eigenvalue weighted by molar-refractivity contribution is 0.224. The third kappa shape index (κ3) is 0.565. The maximum atomic E-state index is 5.66. The molecule has 2 heterocycles. The Morgan fingerprint density at radius 1 is 1.20 bits per heavy atom. The first-order valence-electron chi connectivity index (χ1n) is 4.21. The molecule has 56 valence electrons. The van der Waals surface area contributed by atoms with E-state index in [0.717, 1.165) is 6.61 Å². The molecule has 2 aliphatic heterocycles. The van der Waals surface area contributed by atoms with Crippen molar-refractivity contribution in [1.29, 1.82) is 0 Å². The average molecular weight is 140 g/mol. The minimum absolute atomic E-state index is 0.234. The summed E-state index contributed by atoms with van der Waals surface area (Å²) in [7, 11) is 0. The average Bonchev–Trinajstić information content (AvgIpc) is 2.84. The lowest BCUT2D eigenvalue weighted by Gasteiger charge is -2.13. The molecule has 1 aliphatic carbocycles. The van der Waals surface area contributed by atoms with Crippen LogP contribution in [0.25, 0.3) is 0 Å². The third-order valence-corrected chi connectivity index (χ3v) is 3.01. The molecule has 0 aromatic carbocycles. The van der Waals surface area contributed by atoms with Crippen molar-refractivity contribution in [1.82, 2.24) is 0 Å². The zero-order valence-electron chi connectivity index (χ0n) is 6.01. The summed E-state index contributed by atoms with van der Waals surface area (Å²) in [5.74, 6) is 0. The molecule has 3 atom stereocenters. The first-order chi connectivity index (χ1) is 4.92. The molecule has 3 rings (SSSR count). The molecule has 0 aromatic rings. The largest absolute Gasteiger partial charge is 0.370 e. The summed E-state index contributed by atoms with van der Waals surface area (Å²) < 4.78 is 10.9. The van der Waals surface area contributed by atoms with Gasteiger partial charge in [0, 0.05) is 0 Å². The lowest BCUT2D eigenvalue weighted by atomic mass is 9.87. The van der Waals surface area contributed by atoms with E-state index >= 15 is 0 Å². The zero-order valence-corrected chi connectivity index (χ0v) is 6.01. The molecule has 2 heteroatoms. The van der Waals surface area contributed by atoms with Gasteiger partial charge in [-0.3, -0.25) is 0 Å². The molecular weight excluding hydrogens is 128 g/mol. The van der Waals surface area contributed by atoms with Gasteiger partial charge in [0.1, 0.15) is 11.7 Å². The monoisotopic (exact) mass is 140 g/mol. The van der Waals surface area contributed by atoms with Crippen molar-refractivity contribution in [3.8, 4) is 0 Å². The first kappa shape index (κ1) is 5.56. The molecule has 0 radical (unpaired) electrons. The van der Waals surface area contributed by atoms with Crippen molar-refractivity contribution in [2.75, 3.05) is 6.61 Å². The van der Waals surface area contributed by atoms with Crippen molar-refractivity contribution < 1.29 is 9.47 Å². The molecule has 0 aromatic heterocycles. The van der Waals surface area contributed by atoms with Crippen LogP contribution in [0.1, 0.15) is 25.7 Å². The van der Waals surface area contributed by atoms with E-state index in [4.69, 9.17) is 9.47 Å². The van der Waals surface area contributed by atoms with Gasteiger partial charge in [-0.15, -0.1) is 0 Å². The molecule has 2 saturated heterocycles. The van der Waals surface area contributed by atoms with E-state index in [2.05, 4.69) is 0 Å². The maximum Gasteiger partial charge on any atom is 0.123 e. The summed E-state index contributed by atoms with van der Waals surface area (Å²) in [5, 5.41) is 0. The van der Waals surface area contributed by atoms with Crippen LogP contribution in [0, 0.1) is 0 Å². The van der Waals surface area contributed by atoms with Crippen LogP contribution in [-0.4, -0.2) is 24.4 Å². The molecule has 2 nitrogen and oxygen atoms in total. The fourth-order valence-electron chi connectivity index (χ4n) is 2.26. The number of fused-ring (bicyclic) bond motifs is 1. The van der Waals surface area contributed by atoms with E-state index in [9.17, 15) is 0 Å². The highest BCUT2D eigenvalue weighted by Gasteiger charge is 2.66. The first-order valence-corrected chi connectivity index (χ1v) is 4.21. The minimum atomic E-state index is 0.234. The Labute approximate surface area is 60.5 Å². The number of ether oxygens (including phenoxy) is 2. The second kappa shape index (κ2) is 1.56. The maximum absolute atomic E-state index is 5.66. The molecule has 0 bridgehead atoms. The van der Waals surface area contributed by atoms with Crippen LogP contribution in [0.2, 0.25) is 0 Å². The number of hydrogen-bond acceptors (Lipinski definition) is 2. The number of rotatable bonds is 1. The van der Waals surface area contributed by atoms with Gasteiger partial charge in [0.05, 0.1) is 12.7 Å². The van der Waals surface area contributed by atoms with Crippen LogP contribution in [-0.2, 0) is 9.47 Å². The molecule has 3 fully saturated rings. The second-order valence-electron chi connectivity index (χ2n) is 3.63. The molecule has 0 amide bonds. The zero-order chi connectivity index (χ0) is 6.60. The van der Waals surface area contributed by atoms with Gasteiger partial charge >= 0.3 is 0 Å². The van der Waals surface area contributed by atoms with Crippen LogP contribution in [0.3, 0.4) is 0 Å². The van der Waals surface area contributed by atoms with Gasteiger partial charge in [0.2, 0.25) is 0 Å². The van der Waals surface area contributed by atoms with Crippen LogP contribution >= 0.6 is 0 Å². The number of hydrogen-bond donors (Lipinski definition) is 0. The molecule has 0 spiro atoms. The van der Waals surface area contributed by atoms with Gasteiger partial charge in [0.25, 0.3) is 0 Å². The van der Waals surface area contributed by atoms with Crippen LogP contribution in [0.15, 0.2) is 0 Å². The van der Waals surface area contributed by atoms with Crippen molar-refractivity contribution in [3.63, 3.8) is 0 Å². The van der Waals surface area contributed by atoms with Crippen LogP contribution in [0.4, 0.5) is 0 Å². The van der Waals surface area contributed by atoms with Gasteiger partial charge < -0.3 is 9.47 Å². The van der Waals surface area contributed by atoms with E-state index in [0.29, 0.717) is 12.2 Å². The molecular formula is C8H12O2. The smallest absolute Gasteiger partial charge is 0.123 e. The molecule has 10 heavy (non-hydrogen) atoms. The van der Waals surface area contributed by atoms with E-state index in [-0.39, 0.29) is 5.60 Å². The Morgan fingerprint density at radius 2 is 2.10 bits per heavy atom. The van der Waals surface area contributed by atoms with Crippen molar-refractivity contribution in [2.24, 2.45) is 0 Å². The summed E-state index contributed by atoms with van der Waals surface area (Å²) in [5.41, 5.74) is 0.234. The Balaban J connectivity index is 1.80. The quantitative estimate of drug-likeness (QED) is 0.509.